The maximum absolute atomic E-state index is 13.2. The van der Waals surface area contributed by atoms with E-state index in [2.05, 4.69) is 15.0 Å². The molecule has 0 radical (unpaired) electrons. The average Bonchev–Trinajstić information content (AvgIpc) is 3.05. The fourth-order valence-electron chi connectivity index (χ4n) is 3.74. The van der Waals surface area contributed by atoms with Gasteiger partial charge in [0.05, 0.1) is 42.5 Å². The molecule has 3 heterocycles. The zero-order chi connectivity index (χ0) is 24.8. The number of anilines is 3. The molecule has 0 atom stereocenters. The molecule has 0 aliphatic carbocycles. The van der Waals surface area contributed by atoms with Gasteiger partial charge in [-0.2, -0.15) is 0 Å². The number of aryl methyl sites for hydroxylation is 2. The Labute approximate surface area is 200 Å². The van der Waals surface area contributed by atoms with Crippen molar-refractivity contribution >= 4 is 44.6 Å². The van der Waals surface area contributed by atoms with E-state index < -0.39 is 21.9 Å². The maximum Gasteiger partial charge on any atom is 0.282 e. The van der Waals surface area contributed by atoms with Crippen LogP contribution in [0.1, 0.15) is 21.6 Å². The largest absolute Gasteiger partial charge is 0.358 e. The lowest BCUT2D eigenvalue weighted by Gasteiger charge is -2.40. The number of rotatable bonds is 6. The molecule has 0 unspecified atom stereocenters. The summed E-state index contributed by atoms with van der Waals surface area (Å²) in [7, 11) is -3.51. The van der Waals surface area contributed by atoms with Crippen molar-refractivity contribution in [1.29, 1.82) is 0 Å². The van der Waals surface area contributed by atoms with Crippen molar-refractivity contribution in [2.24, 2.45) is 0 Å². The van der Waals surface area contributed by atoms with Crippen LogP contribution in [0.5, 0.6) is 0 Å². The highest BCUT2D eigenvalue weighted by molar-refractivity contribution is 7.92. The fourth-order valence-corrected chi connectivity index (χ4v) is 4.52. The maximum atomic E-state index is 13.2. The standard InChI is InChI=1S/C22H22ClF2N5O3S/c1-13-4-19(29-11-22(24,25)12-29)9-26-20(13)30-10-15(5-14(30)2)21(31)27-17-6-16(23)7-18(8-17)28-34(3,32)33/h4-10,28H,11-12H2,1-3H3,(H,27,31). The molecule has 4 rings (SSSR count). The Bertz CT molecular complexity index is 1380. The van der Waals surface area contributed by atoms with Gasteiger partial charge in [-0.3, -0.25) is 9.52 Å². The van der Waals surface area contributed by atoms with Crippen molar-refractivity contribution in [2.45, 2.75) is 19.8 Å². The third-order valence-corrected chi connectivity index (χ3v) is 6.03. The van der Waals surface area contributed by atoms with Crippen LogP contribution in [0.2, 0.25) is 5.02 Å². The molecule has 2 N–H and O–H groups in total. The third-order valence-electron chi connectivity index (χ3n) is 5.21. The van der Waals surface area contributed by atoms with Gasteiger partial charge in [-0.05, 0) is 49.7 Å². The van der Waals surface area contributed by atoms with Crippen molar-refractivity contribution < 1.29 is 22.0 Å². The molecule has 8 nitrogen and oxygen atoms in total. The van der Waals surface area contributed by atoms with Crippen molar-refractivity contribution in [3.63, 3.8) is 0 Å². The number of pyridine rings is 1. The highest BCUT2D eigenvalue weighted by Crippen LogP contribution is 2.32. The number of alkyl halides is 2. The number of carbonyl (C=O) groups excluding carboxylic acids is 1. The van der Waals surface area contributed by atoms with Crippen LogP contribution in [0.4, 0.5) is 25.8 Å². The van der Waals surface area contributed by atoms with Gasteiger partial charge >= 0.3 is 0 Å². The van der Waals surface area contributed by atoms with E-state index in [0.717, 1.165) is 17.5 Å². The molecule has 2 aromatic heterocycles. The minimum absolute atomic E-state index is 0.221. The van der Waals surface area contributed by atoms with Crippen LogP contribution in [-0.2, 0) is 10.0 Å². The summed E-state index contributed by atoms with van der Waals surface area (Å²) in [6, 6.07) is 7.86. The number of carbonyl (C=O) groups is 1. The first kappa shape index (κ1) is 24.0. The van der Waals surface area contributed by atoms with Gasteiger partial charge in [-0.25, -0.2) is 22.2 Å². The zero-order valence-corrected chi connectivity index (χ0v) is 20.1. The normalized spacial score (nSPS) is 15.1. The van der Waals surface area contributed by atoms with Crippen LogP contribution in [0, 0.1) is 13.8 Å². The van der Waals surface area contributed by atoms with E-state index in [1.54, 1.807) is 34.0 Å². The van der Waals surface area contributed by atoms with Gasteiger partial charge < -0.3 is 14.8 Å². The van der Waals surface area contributed by atoms with Gasteiger partial charge in [0.25, 0.3) is 11.8 Å². The van der Waals surface area contributed by atoms with Crippen LogP contribution in [0.15, 0.2) is 42.7 Å². The lowest BCUT2D eigenvalue weighted by molar-refractivity contribution is -0.0263. The van der Waals surface area contributed by atoms with Gasteiger partial charge in [-0.15, -0.1) is 0 Å². The predicted octanol–water partition coefficient (Wildman–Crippen LogP) is 4.22. The van der Waals surface area contributed by atoms with Crippen LogP contribution in [0.25, 0.3) is 5.82 Å². The smallest absolute Gasteiger partial charge is 0.282 e. The highest BCUT2D eigenvalue weighted by atomic mass is 35.5. The molecule has 12 heteroatoms. The van der Waals surface area contributed by atoms with E-state index in [-0.39, 0.29) is 23.8 Å². The van der Waals surface area contributed by atoms with E-state index in [9.17, 15) is 22.0 Å². The molecular weight excluding hydrogens is 488 g/mol. The van der Waals surface area contributed by atoms with Crippen LogP contribution in [0.3, 0.4) is 0 Å². The second kappa shape index (κ2) is 8.55. The van der Waals surface area contributed by atoms with E-state index >= 15 is 0 Å². The van der Waals surface area contributed by atoms with Crippen LogP contribution >= 0.6 is 11.6 Å². The number of hydrogen-bond donors (Lipinski definition) is 2. The Kier molecular flexibility index (Phi) is 6.03. The summed E-state index contributed by atoms with van der Waals surface area (Å²) in [6.07, 6.45) is 4.18. The van der Waals surface area contributed by atoms with E-state index in [4.69, 9.17) is 11.6 Å². The molecule has 1 saturated heterocycles. The van der Waals surface area contributed by atoms with Gasteiger partial charge in [0.15, 0.2) is 0 Å². The lowest BCUT2D eigenvalue weighted by Crippen LogP contribution is -2.56. The molecule has 34 heavy (non-hydrogen) atoms. The first-order valence-electron chi connectivity index (χ1n) is 10.2. The molecular formula is C22H22ClF2N5O3S. The predicted molar refractivity (Wildman–Crippen MR) is 128 cm³/mol. The number of nitrogens with one attached hydrogen (secondary N) is 2. The van der Waals surface area contributed by atoms with Gasteiger partial charge in [0.1, 0.15) is 5.82 Å². The molecule has 180 valence electrons. The minimum Gasteiger partial charge on any atom is -0.358 e. The van der Waals surface area contributed by atoms with Crippen molar-refractivity contribution in [3.8, 4) is 5.82 Å². The number of sulfonamides is 1. The number of hydrogen-bond acceptors (Lipinski definition) is 5. The first-order valence-corrected chi connectivity index (χ1v) is 12.5. The van der Waals surface area contributed by atoms with E-state index in [1.165, 1.54) is 18.2 Å². The van der Waals surface area contributed by atoms with Crippen molar-refractivity contribution in [1.82, 2.24) is 9.55 Å². The average molecular weight is 510 g/mol. The topological polar surface area (TPSA) is 96.3 Å². The summed E-state index contributed by atoms with van der Waals surface area (Å²) >= 11 is 6.06. The quantitative estimate of drug-likeness (QED) is 0.518. The molecule has 3 aromatic rings. The van der Waals surface area contributed by atoms with E-state index in [1.807, 2.05) is 13.8 Å². The summed E-state index contributed by atoms with van der Waals surface area (Å²) in [6.45, 7) is 2.98. The second-order valence-electron chi connectivity index (χ2n) is 8.34. The Morgan fingerprint density at radius 1 is 1.12 bits per heavy atom. The Balaban J connectivity index is 1.54. The number of aromatic nitrogens is 2. The monoisotopic (exact) mass is 509 g/mol. The SMILES string of the molecule is Cc1cc(N2CC(F)(F)C2)cnc1-n1cc(C(=O)Nc2cc(Cl)cc(NS(C)(=O)=O)c2)cc1C. The lowest BCUT2D eigenvalue weighted by atomic mass is 10.1. The van der Waals surface area contributed by atoms with E-state index in [0.29, 0.717) is 22.8 Å². The summed E-state index contributed by atoms with van der Waals surface area (Å²) in [5.74, 6) is -2.52. The molecule has 0 spiro atoms. The van der Waals surface area contributed by atoms with Gasteiger partial charge in [0, 0.05) is 22.6 Å². The molecule has 1 fully saturated rings. The Morgan fingerprint density at radius 3 is 2.41 bits per heavy atom. The molecule has 1 amide bonds. The first-order chi connectivity index (χ1) is 15.8. The van der Waals surface area contributed by atoms with Gasteiger partial charge in [0.2, 0.25) is 10.0 Å². The summed E-state index contributed by atoms with van der Waals surface area (Å²) in [4.78, 5) is 18.8. The van der Waals surface area contributed by atoms with Crippen LogP contribution in [-0.4, -0.2) is 49.1 Å². The molecule has 1 aromatic carbocycles. The number of benzene rings is 1. The number of amides is 1. The summed E-state index contributed by atoms with van der Waals surface area (Å²) in [5, 5.41) is 2.96. The molecule has 1 aliphatic rings. The Hall–Kier alpha value is -3.18. The zero-order valence-electron chi connectivity index (χ0n) is 18.6. The Morgan fingerprint density at radius 2 is 1.79 bits per heavy atom. The van der Waals surface area contributed by atoms with Gasteiger partial charge in [-0.1, -0.05) is 11.6 Å². The fraction of sp³-hybridized carbons (Fsp3) is 0.273. The van der Waals surface area contributed by atoms with Crippen molar-refractivity contribution in [3.05, 3.63) is 64.6 Å². The molecule has 0 saturated carbocycles. The molecule has 1 aliphatic heterocycles. The number of halogens is 3. The minimum atomic E-state index is -3.51. The highest BCUT2D eigenvalue weighted by Gasteiger charge is 2.44. The summed E-state index contributed by atoms with van der Waals surface area (Å²) in [5.41, 5.74) is 3.02. The van der Waals surface area contributed by atoms with Crippen LogP contribution < -0.4 is 14.9 Å². The third kappa shape index (κ3) is 5.31. The molecule has 0 bridgehead atoms. The summed E-state index contributed by atoms with van der Waals surface area (Å²) < 4.78 is 53.4. The van der Waals surface area contributed by atoms with Crippen molar-refractivity contribution in [2.75, 3.05) is 34.3 Å². The number of nitrogens with zero attached hydrogens (tertiary/aromatic N) is 3. The second-order valence-corrected chi connectivity index (χ2v) is 10.5.